The average molecular weight is 341 g/mol. The number of nitrogens with zero attached hydrogens (tertiary/aromatic N) is 2. The number of ether oxygens (including phenoxy) is 1. The van der Waals surface area contributed by atoms with E-state index in [9.17, 15) is 4.79 Å². The van der Waals surface area contributed by atoms with E-state index >= 15 is 0 Å². The lowest BCUT2D eigenvalue weighted by Crippen LogP contribution is -2.38. The molecule has 0 saturated heterocycles. The second-order valence-electron chi connectivity index (χ2n) is 7.26. The minimum Gasteiger partial charge on any atom is -0.383 e. The second kappa shape index (κ2) is 7.52. The SMILES string of the molecule is COC[C@H](C)n1c(C)cc(C(=O)C[n+]2ccc3c(c2)CCCC3)c1C. The van der Waals surface area contributed by atoms with Crippen LogP contribution in [0.3, 0.4) is 0 Å². The van der Waals surface area contributed by atoms with E-state index in [0.717, 1.165) is 23.4 Å². The van der Waals surface area contributed by atoms with Gasteiger partial charge in [0.25, 0.3) is 0 Å². The quantitative estimate of drug-likeness (QED) is 0.596. The molecule has 0 aliphatic heterocycles. The number of fused-ring (bicyclic) bond motifs is 1. The third-order valence-electron chi connectivity index (χ3n) is 5.30. The van der Waals surface area contributed by atoms with Crippen LogP contribution in [0, 0.1) is 13.8 Å². The molecule has 1 atom stereocenters. The molecule has 0 radical (unpaired) electrons. The van der Waals surface area contributed by atoms with Crippen molar-refractivity contribution in [2.24, 2.45) is 0 Å². The maximum atomic E-state index is 12.9. The van der Waals surface area contributed by atoms with Crippen LogP contribution in [0.1, 0.15) is 58.7 Å². The average Bonchev–Trinajstić information content (AvgIpc) is 2.89. The molecule has 0 saturated carbocycles. The molecule has 4 heteroatoms. The molecule has 2 aromatic rings. The number of rotatable bonds is 6. The molecule has 0 aromatic carbocycles. The molecule has 25 heavy (non-hydrogen) atoms. The van der Waals surface area contributed by atoms with Gasteiger partial charge in [-0.05, 0) is 58.1 Å². The largest absolute Gasteiger partial charge is 0.383 e. The molecular formula is C21H29N2O2+. The molecule has 3 rings (SSSR count). The molecule has 134 valence electrons. The minimum absolute atomic E-state index is 0.171. The van der Waals surface area contributed by atoms with Crippen LogP contribution in [-0.2, 0) is 24.1 Å². The normalized spacial score (nSPS) is 15.0. The van der Waals surface area contributed by atoms with E-state index in [-0.39, 0.29) is 11.8 Å². The molecule has 0 fully saturated rings. The molecule has 0 spiro atoms. The van der Waals surface area contributed by atoms with E-state index < -0.39 is 0 Å². The molecule has 1 aliphatic carbocycles. The summed E-state index contributed by atoms with van der Waals surface area (Å²) >= 11 is 0. The minimum atomic E-state index is 0.171. The van der Waals surface area contributed by atoms with Crippen LogP contribution in [-0.4, -0.2) is 24.1 Å². The zero-order valence-corrected chi connectivity index (χ0v) is 15.8. The zero-order valence-electron chi connectivity index (χ0n) is 15.8. The standard InChI is InChI=1S/C21H29N2O2/c1-15-11-20(17(3)23(15)16(2)14-25-4)21(24)13-22-10-9-18-7-5-6-8-19(18)12-22/h9-12,16H,5-8,13-14H2,1-4H3/q+1/t16-/m0/s1. The number of hydrogen-bond donors (Lipinski definition) is 0. The predicted octanol–water partition coefficient (Wildman–Crippen LogP) is 3.36. The maximum absolute atomic E-state index is 12.9. The fourth-order valence-electron chi connectivity index (χ4n) is 4.12. The number of methoxy groups -OCH3 is 1. The van der Waals surface area contributed by atoms with E-state index in [1.54, 1.807) is 7.11 Å². The molecule has 1 aliphatic rings. The van der Waals surface area contributed by atoms with E-state index in [4.69, 9.17) is 4.74 Å². The summed E-state index contributed by atoms with van der Waals surface area (Å²) < 4.78 is 9.52. The molecule has 4 nitrogen and oxygen atoms in total. The van der Waals surface area contributed by atoms with Gasteiger partial charge in [0.1, 0.15) is 0 Å². The Morgan fingerprint density at radius 1 is 1.28 bits per heavy atom. The topological polar surface area (TPSA) is 35.1 Å². The van der Waals surface area contributed by atoms with Crippen molar-refractivity contribution in [3.8, 4) is 0 Å². The molecule has 0 unspecified atom stereocenters. The van der Waals surface area contributed by atoms with Crippen LogP contribution in [0.5, 0.6) is 0 Å². The van der Waals surface area contributed by atoms with Crippen LogP contribution >= 0.6 is 0 Å². The van der Waals surface area contributed by atoms with E-state index in [1.165, 1.54) is 30.4 Å². The molecular weight excluding hydrogens is 312 g/mol. The lowest BCUT2D eigenvalue weighted by atomic mass is 9.93. The first-order valence-electron chi connectivity index (χ1n) is 9.22. The van der Waals surface area contributed by atoms with E-state index in [2.05, 4.69) is 36.9 Å². The first kappa shape index (κ1) is 17.9. The number of Topliss-reactive ketones (excluding diaryl/α,β-unsaturated/α-hetero) is 1. The second-order valence-corrected chi connectivity index (χ2v) is 7.26. The molecule has 2 heterocycles. The van der Waals surface area contributed by atoms with Gasteiger partial charge in [0.15, 0.2) is 12.4 Å². The van der Waals surface area contributed by atoms with Gasteiger partial charge in [0, 0.05) is 35.7 Å². The van der Waals surface area contributed by atoms with Crippen molar-refractivity contribution in [3.63, 3.8) is 0 Å². The van der Waals surface area contributed by atoms with Crippen molar-refractivity contribution in [1.29, 1.82) is 0 Å². The van der Waals surface area contributed by atoms with Gasteiger partial charge in [-0.1, -0.05) is 0 Å². The number of hydrogen-bond acceptors (Lipinski definition) is 2. The Balaban J connectivity index is 1.81. The van der Waals surface area contributed by atoms with Gasteiger partial charge >= 0.3 is 0 Å². The first-order chi connectivity index (χ1) is 12.0. The monoisotopic (exact) mass is 341 g/mol. The summed E-state index contributed by atoms with van der Waals surface area (Å²) in [7, 11) is 1.71. The van der Waals surface area contributed by atoms with Crippen LogP contribution in [0.25, 0.3) is 0 Å². The van der Waals surface area contributed by atoms with Crippen molar-refractivity contribution in [2.45, 2.75) is 59.0 Å². The highest BCUT2D eigenvalue weighted by atomic mass is 16.5. The number of carbonyl (C=O) groups excluding carboxylic acids is 1. The molecule has 2 aromatic heterocycles. The third kappa shape index (κ3) is 3.69. The van der Waals surface area contributed by atoms with Crippen LogP contribution < -0.4 is 4.57 Å². The van der Waals surface area contributed by atoms with Gasteiger partial charge in [0.05, 0.1) is 12.6 Å². The van der Waals surface area contributed by atoms with Crippen LogP contribution in [0.4, 0.5) is 0 Å². The third-order valence-corrected chi connectivity index (χ3v) is 5.30. The molecule has 0 N–H and O–H groups in total. The Kier molecular flexibility index (Phi) is 5.38. The van der Waals surface area contributed by atoms with Crippen molar-refractivity contribution in [2.75, 3.05) is 13.7 Å². The van der Waals surface area contributed by atoms with Gasteiger partial charge in [-0.2, -0.15) is 4.57 Å². The van der Waals surface area contributed by atoms with E-state index in [0.29, 0.717) is 13.2 Å². The summed E-state index contributed by atoms with van der Waals surface area (Å²) in [5, 5.41) is 0. The first-order valence-corrected chi connectivity index (χ1v) is 9.22. The highest BCUT2D eigenvalue weighted by molar-refractivity contribution is 5.96. The summed E-state index contributed by atoms with van der Waals surface area (Å²) in [4.78, 5) is 12.9. The Labute approximate surface area is 150 Å². The fraction of sp³-hybridized carbons (Fsp3) is 0.524. The summed E-state index contributed by atoms with van der Waals surface area (Å²) in [6.45, 7) is 7.25. The molecule has 0 bridgehead atoms. The van der Waals surface area contributed by atoms with Crippen molar-refractivity contribution in [1.82, 2.24) is 4.57 Å². The fourth-order valence-corrected chi connectivity index (χ4v) is 4.12. The lowest BCUT2D eigenvalue weighted by Gasteiger charge is -2.17. The highest BCUT2D eigenvalue weighted by Gasteiger charge is 2.22. The van der Waals surface area contributed by atoms with Crippen molar-refractivity contribution < 1.29 is 14.1 Å². The summed E-state index contributed by atoms with van der Waals surface area (Å²) in [5.74, 6) is 0.171. The Morgan fingerprint density at radius 2 is 2.00 bits per heavy atom. The summed E-state index contributed by atoms with van der Waals surface area (Å²) in [6.07, 6.45) is 9.05. The number of carbonyl (C=O) groups is 1. The predicted molar refractivity (Wildman–Crippen MR) is 98.1 cm³/mol. The smallest absolute Gasteiger partial charge is 0.229 e. The van der Waals surface area contributed by atoms with Gasteiger partial charge < -0.3 is 9.30 Å². The lowest BCUT2D eigenvalue weighted by molar-refractivity contribution is -0.683. The van der Waals surface area contributed by atoms with Crippen molar-refractivity contribution >= 4 is 5.78 Å². The van der Waals surface area contributed by atoms with Gasteiger partial charge in [-0.3, -0.25) is 4.79 Å². The maximum Gasteiger partial charge on any atom is 0.229 e. The van der Waals surface area contributed by atoms with Crippen LogP contribution in [0.2, 0.25) is 0 Å². The summed E-state index contributed by atoms with van der Waals surface area (Å²) in [5.41, 5.74) is 5.82. The highest BCUT2D eigenvalue weighted by Crippen LogP contribution is 2.22. The van der Waals surface area contributed by atoms with Gasteiger partial charge in [0.2, 0.25) is 12.3 Å². The van der Waals surface area contributed by atoms with E-state index in [1.807, 2.05) is 17.6 Å². The Hall–Kier alpha value is -1.94. The van der Waals surface area contributed by atoms with Gasteiger partial charge in [-0.25, -0.2) is 0 Å². The zero-order chi connectivity index (χ0) is 18.0. The van der Waals surface area contributed by atoms with Gasteiger partial charge in [-0.15, -0.1) is 0 Å². The summed E-state index contributed by atoms with van der Waals surface area (Å²) in [6, 6.07) is 4.43. The Bertz CT molecular complexity index is 776. The number of aromatic nitrogens is 2. The van der Waals surface area contributed by atoms with Crippen molar-refractivity contribution in [3.05, 3.63) is 52.6 Å². The number of aryl methyl sites for hydroxylation is 3. The number of pyridine rings is 1. The Morgan fingerprint density at radius 3 is 2.72 bits per heavy atom. The van der Waals surface area contributed by atoms with Crippen LogP contribution in [0.15, 0.2) is 24.5 Å². The molecule has 0 amide bonds. The number of ketones is 1.